The smallest absolute Gasteiger partial charge is 0.0599 e. The molecule has 0 amide bonds. The van der Waals surface area contributed by atoms with Gasteiger partial charge in [0.15, 0.2) is 0 Å². The molecule has 0 fully saturated rings. The van der Waals surface area contributed by atoms with Crippen LogP contribution in [-0.4, -0.2) is 26.4 Å². The molecule has 2 unspecified atom stereocenters. The molecule has 0 bridgehead atoms. The fraction of sp³-hybridized carbons (Fsp3) is 0.429. The molecule has 2 heteroatoms. The first-order valence-electron chi connectivity index (χ1n) is 8.45. The van der Waals surface area contributed by atoms with Gasteiger partial charge in [-0.3, -0.25) is 0 Å². The van der Waals surface area contributed by atoms with Gasteiger partial charge in [-0.2, -0.15) is 0 Å². The van der Waals surface area contributed by atoms with Gasteiger partial charge in [-0.25, -0.2) is 0 Å². The van der Waals surface area contributed by atoms with Gasteiger partial charge in [0.2, 0.25) is 0 Å². The van der Waals surface area contributed by atoms with E-state index in [1.54, 1.807) is 14.2 Å². The first kappa shape index (κ1) is 17.7. The first-order chi connectivity index (χ1) is 11.3. The molecule has 0 N–H and O–H groups in total. The molecule has 0 saturated heterocycles. The van der Waals surface area contributed by atoms with Crippen LogP contribution < -0.4 is 0 Å². The van der Waals surface area contributed by atoms with Crippen LogP contribution in [0.25, 0.3) is 0 Å². The fourth-order valence-electron chi connectivity index (χ4n) is 2.90. The topological polar surface area (TPSA) is 18.5 Å². The molecule has 0 aliphatic heterocycles. The van der Waals surface area contributed by atoms with Crippen LogP contribution in [-0.2, 0) is 22.3 Å². The molecular weight excluding hydrogens is 284 g/mol. The molecule has 2 aromatic rings. The Morgan fingerprint density at radius 3 is 1.39 bits per heavy atom. The van der Waals surface area contributed by atoms with Crippen molar-refractivity contribution < 1.29 is 9.47 Å². The van der Waals surface area contributed by atoms with Crippen LogP contribution in [0.3, 0.4) is 0 Å². The van der Waals surface area contributed by atoms with Crippen LogP contribution in [0.4, 0.5) is 0 Å². The van der Waals surface area contributed by atoms with Crippen LogP contribution in [0.15, 0.2) is 60.7 Å². The van der Waals surface area contributed by atoms with E-state index in [0.29, 0.717) is 0 Å². The number of ether oxygens (including phenoxy) is 2. The van der Waals surface area contributed by atoms with Gasteiger partial charge in [0.1, 0.15) is 0 Å². The summed E-state index contributed by atoms with van der Waals surface area (Å²) in [5.74, 6) is 0. The third-order valence-electron chi connectivity index (χ3n) is 4.39. The largest absolute Gasteiger partial charge is 0.381 e. The van der Waals surface area contributed by atoms with E-state index in [2.05, 4.69) is 60.7 Å². The van der Waals surface area contributed by atoms with Crippen molar-refractivity contribution in [3.05, 3.63) is 71.8 Å². The van der Waals surface area contributed by atoms with Gasteiger partial charge in [-0.1, -0.05) is 60.7 Å². The standard InChI is InChI=1S/C21H28O2/c1-22-20(15-13-18-9-5-3-6-10-18)17-21(23-2)16-14-19-11-7-4-8-12-19/h3-12,20-21H,13-17H2,1-2H3. The third-order valence-corrected chi connectivity index (χ3v) is 4.39. The molecule has 0 spiro atoms. The zero-order valence-corrected chi connectivity index (χ0v) is 14.3. The summed E-state index contributed by atoms with van der Waals surface area (Å²) in [5.41, 5.74) is 2.74. The number of hydrogen-bond acceptors (Lipinski definition) is 2. The van der Waals surface area contributed by atoms with E-state index in [9.17, 15) is 0 Å². The van der Waals surface area contributed by atoms with Gasteiger partial charge in [-0.15, -0.1) is 0 Å². The Hall–Kier alpha value is -1.64. The van der Waals surface area contributed by atoms with Gasteiger partial charge in [0.25, 0.3) is 0 Å². The van der Waals surface area contributed by atoms with Crippen molar-refractivity contribution in [1.29, 1.82) is 0 Å². The fourth-order valence-corrected chi connectivity index (χ4v) is 2.90. The Bertz CT molecular complexity index is 475. The van der Waals surface area contributed by atoms with Crippen LogP contribution in [0.5, 0.6) is 0 Å². The highest BCUT2D eigenvalue weighted by Crippen LogP contribution is 2.17. The average molecular weight is 312 g/mol. The van der Waals surface area contributed by atoms with Crippen molar-refractivity contribution in [2.24, 2.45) is 0 Å². The Balaban J connectivity index is 1.78. The van der Waals surface area contributed by atoms with Crippen molar-refractivity contribution in [1.82, 2.24) is 0 Å². The highest BCUT2D eigenvalue weighted by Gasteiger charge is 2.16. The lowest BCUT2D eigenvalue weighted by Crippen LogP contribution is -2.22. The maximum absolute atomic E-state index is 5.68. The molecule has 0 saturated carbocycles. The SMILES string of the molecule is COC(CCc1ccccc1)CC(CCc1ccccc1)OC. The molecule has 124 valence electrons. The molecule has 0 radical (unpaired) electrons. The average Bonchev–Trinajstić information content (AvgIpc) is 2.63. The molecule has 2 rings (SSSR count). The monoisotopic (exact) mass is 312 g/mol. The van der Waals surface area contributed by atoms with Crippen LogP contribution >= 0.6 is 0 Å². The lowest BCUT2D eigenvalue weighted by molar-refractivity contribution is 0.0157. The highest BCUT2D eigenvalue weighted by molar-refractivity contribution is 5.15. The lowest BCUT2D eigenvalue weighted by Gasteiger charge is -2.22. The quantitative estimate of drug-likeness (QED) is 0.634. The van der Waals surface area contributed by atoms with Crippen molar-refractivity contribution in [3.63, 3.8) is 0 Å². The predicted molar refractivity (Wildman–Crippen MR) is 95.7 cm³/mol. The maximum Gasteiger partial charge on any atom is 0.0599 e. The van der Waals surface area contributed by atoms with Crippen molar-refractivity contribution in [3.8, 4) is 0 Å². The molecule has 0 aromatic heterocycles. The highest BCUT2D eigenvalue weighted by atomic mass is 16.5. The predicted octanol–water partition coefficient (Wildman–Crippen LogP) is 4.67. The molecule has 0 aliphatic carbocycles. The maximum atomic E-state index is 5.68. The van der Waals surface area contributed by atoms with E-state index in [4.69, 9.17) is 9.47 Å². The summed E-state index contributed by atoms with van der Waals surface area (Å²) in [6.07, 6.45) is 5.61. The van der Waals surface area contributed by atoms with E-state index in [1.807, 2.05) is 0 Å². The second-order valence-corrected chi connectivity index (χ2v) is 6.00. The zero-order chi connectivity index (χ0) is 16.3. The molecular formula is C21H28O2. The minimum atomic E-state index is 0.246. The van der Waals surface area contributed by atoms with E-state index < -0.39 is 0 Å². The van der Waals surface area contributed by atoms with Crippen molar-refractivity contribution >= 4 is 0 Å². The zero-order valence-electron chi connectivity index (χ0n) is 14.3. The lowest BCUT2D eigenvalue weighted by atomic mass is 9.99. The van der Waals surface area contributed by atoms with Gasteiger partial charge < -0.3 is 9.47 Å². The third kappa shape index (κ3) is 6.55. The summed E-state index contributed by atoms with van der Waals surface area (Å²) in [4.78, 5) is 0. The Morgan fingerprint density at radius 1 is 0.652 bits per heavy atom. The molecule has 23 heavy (non-hydrogen) atoms. The summed E-state index contributed by atoms with van der Waals surface area (Å²) in [6.45, 7) is 0. The number of benzene rings is 2. The second-order valence-electron chi connectivity index (χ2n) is 6.00. The number of aryl methyl sites for hydroxylation is 2. The van der Waals surface area contributed by atoms with Gasteiger partial charge in [-0.05, 0) is 43.2 Å². The van der Waals surface area contributed by atoms with Crippen LogP contribution in [0.1, 0.15) is 30.4 Å². The summed E-state index contributed by atoms with van der Waals surface area (Å²) in [6, 6.07) is 21.2. The number of methoxy groups -OCH3 is 2. The van der Waals surface area contributed by atoms with Crippen molar-refractivity contribution in [2.45, 2.75) is 44.3 Å². The normalized spacial score (nSPS) is 13.7. The Labute approximate surface area is 140 Å². The summed E-state index contributed by atoms with van der Waals surface area (Å²) < 4.78 is 11.4. The minimum Gasteiger partial charge on any atom is -0.381 e. The first-order valence-corrected chi connectivity index (χ1v) is 8.45. The van der Waals surface area contributed by atoms with Crippen molar-refractivity contribution in [2.75, 3.05) is 14.2 Å². The number of hydrogen-bond donors (Lipinski definition) is 0. The van der Waals surface area contributed by atoms with Gasteiger partial charge in [0, 0.05) is 14.2 Å². The van der Waals surface area contributed by atoms with Gasteiger partial charge >= 0.3 is 0 Å². The van der Waals surface area contributed by atoms with Crippen LogP contribution in [0, 0.1) is 0 Å². The van der Waals surface area contributed by atoms with E-state index in [0.717, 1.165) is 32.1 Å². The van der Waals surface area contributed by atoms with Crippen LogP contribution in [0.2, 0.25) is 0 Å². The summed E-state index contributed by atoms with van der Waals surface area (Å²) in [7, 11) is 3.61. The van der Waals surface area contributed by atoms with Gasteiger partial charge in [0.05, 0.1) is 12.2 Å². The molecule has 2 atom stereocenters. The molecule has 2 aromatic carbocycles. The Kier molecular flexibility index (Phi) is 7.85. The van der Waals surface area contributed by atoms with E-state index >= 15 is 0 Å². The van der Waals surface area contributed by atoms with E-state index in [1.165, 1.54) is 11.1 Å². The minimum absolute atomic E-state index is 0.246. The Morgan fingerprint density at radius 2 is 1.04 bits per heavy atom. The summed E-state index contributed by atoms with van der Waals surface area (Å²) >= 11 is 0. The van der Waals surface area contributed by atoms with E-state index in [-0.39, 0.29) is 12.2 Å². The second kappa shape index (κ2) is 10.2. The number of rotatable bonds is 10. The molecule has 0 aliphatic rings. The molecule has 2 nitrogen and oxygen atoms in total. The summed E-state index contributed by atoms with van der Waals surface area (Å²) in [5, 5.41) is 0. The molecule has 0 heterocycles.